The Bertz CT molecular complexity index is 1280. The van der Waals surface area contributed by atoms with Crippen LogP contribution < -0.4 is 0 Å². The van der Waals surface area contributed by atoms with Gasteiger partial charge in [-0.05, 0) is 44.9 Å². The van der Waals surface area contributed by atoms with Gasteiger partial charge in [0.2, 0.25) is 0 Å². The molecule has 6 heteroatoms. The molecule has 0 N–H and O–H groups in total. The molecule has 0 saturated carbocycles. The number of hydrogen-bond donors (Lipinski definition) is 0. The van der Waals surface area contributed by atoms with Crippen LogP contribution in [0.2, 0.25) is 0 Å². The number of ether oxygens (including phenoxy) is 3. The largest absolute Gasteiger partial charge is 0.462 e. The summed E-state index contributed by atoms with van der Waals surface area (Å²) >= 11 is 0. The number of carbonyl (C=O) groups excluding carboxylic acids is 3. The Hall–Kier alpha value is -1.85. The van der Waals surface area contributed by atoms with Crippen LogP contribution in [0.15, 0.2) is 12.2 Å². The molecule has 0 rings (SSSR count). The smallest absolute Gasteiger partial charge is 0.306 e. The molecule has 0 bridgehead atoms. The van der Waals surface area contributed by atoms with Crippen molar-refractivity contribution in [3.8, 4) is 0 Å². The lowest BCUT2D eigenvalue weighted by atomic mass is 10.0. The summed E-state index contributed by atoms with van der Waals surface area (Å²) in [5.74, 6) is -0.823. The number of hydrogen-bond acceptors (Lipinski definition) is 6. The van der Waals surface area contributed by atoms with Crippen LogP contribution in [-0.2, 0) is 28.6 Å². The minimum atomic E-state index is -0.764. The van der Waals surface area contributed by atoms with Crippen molar-refractivity contribution < 1.29 is 28.6 Å². The van der Waals surface area contributed by atoms with Gasteiger partial charge in [0.25, 0.3) is 0 Å². The van der Waals surface area contributed by atoms with Gasteiger partial charge in [0, 0.05) is 19.3 Å². The van der Waals surface area contributed by atoms with Crippen molar-refractivity contribution in [2.24, 2.45) is 0 Å². The molecule has 0 aliphatic carbocycles. The molecule has 1 unspecified atom stereocenters. The maximum atomic E-state index is 12.9. The second-order valence-electron chi connectivity index (χ2n) is 25.9. The summed E-state index contributed by atoms with van der Waals surface area (Å²) in [5, 5.41) is 0. The van der Waals surface area contributed by atoms with Crippen molar-refractivity contribution in [1.29, 1.82) is 0 Å². The van der Waals surface area contributed by atoms with Gasteiger partial charge in [0.1, 0.15) is 13.2 Å². The number of allylic oxidation sites excluding steroid dienone is 2. The monoisotopic (exact) mass is 1160 g/mol. The number of esters is 3. The highest BCUT2D eigenvalue weighted by atomic mass is 16.6. The quantitative estimate of drug-likeness (QED) is 0.0261. The normalized spacial score (nSPS) is 12.0. The van der Waals surface area contributed by atoms with Gasteiger partial charge in [-0.25, -0.2) is 0 Å². The van der Waals surface area contributed by atoms with Crippen molar-refractivity contribution in [2.45, 2.75) is 444 Å². The van der Waals surface area contributed by atoms with Crippen LogP contribution in [-0.4, -0.2) is 37.2 Å². The first-order valence-electron chi connectivity index (χ1n) is 37.7. The summed E-state index contributed by atoms with van der Waals surface area (Å²) < 4.78 is 17.0. The SMILES string of the molecule is CCCCCCCCCC/C=C\CCCCCCCCCCCCCCCCCCCCCCCC(=O)OCC(COC(=O)CCCCCCCCCCCCCC)OC(=O)CCCCCCCCCCCCCCCCCCCCC. The van der Waals surface area contributed by atoms with Gasteiger partial charge in [-0.2, -0.15) is 0 Å². The average molecular weight is 1160 g/mol. The van der Waals surface area contributed by atoms with Crippen molar-refractivity contribution in [3.05, 3.63) is 12.2 Å². The lowest BCUT2D eigenvalue weighted by Crippen LogP contribution is -2.30. The molecule has 0 heterocycles. The third kappa shape index (κ3) is 68.9. The molecule has 0 radical (unpaired) electrons. The fourth-order valence-corrected chi connectivity index (χ4v) is 11.9. The summed E-state index contributed by atoms with van der Waals surface area (Å²) in [6, 6.07) is 0. The van der Waals surface area contributed by atoms with E-state index in [9.17, 15) is 14.4 Å². The molecule has 0 aliphatic rings. The van der Waals surface area contributed by atoms with E-state index in [4.69, 9.17) is 14.2 Å². The zero-order valence-electron chi connectivity index (χ0n) is 56.1. The Morgan fingerprint density at radius 3 is 0.610 bits per heavy atom. The average Bonchev–Trinajstić information content (AvgIpc) is 3.47. The molecule has 0 saturated heterocycles. The van der Waals surface area contributed by atoms with E-state index in [1.807, 2.05) is 0 Å². The molecular formula is C76H146O6. The Morgan fingerprint density at radius 2 is 0.402 bits per heavy atom. The fourth-order valence-electron chi connectivity index (χ4n) is 11.9. The van der Waals surface area contributed by atoms with Crippen LogP contribution in [0.1, 0.15) is 438 Å². The number of carbonyl (C=O) groups is 3. The second kappa shape index (κ2) is 71.6. The molecule has 0 aromatic rings. The zero-order valence-corrected chi connectivity index (χ0v) is 56.1. The summed E-state index contributed by atoms with van der Waals surface area (Å²) in [4.78, 5) is 38.4. The Labute approximate surface area is 513 Å². The van der Waals surface area contributed by atoms with E-state index in [1.165, 1.54) is 340 Å². The number of unbranched alkanes of at least 4 members (excludes halogenated alkanes) is 58. The minimum absolute atomic E-state index is 0.0615. The molecule has 0 aliphatic heterocycles. The Balaban J connectivity index is 4.07. The van der Waals surface area contributed by atoms with Gasteiger partial charge in [-0.15, -0.1) is 0 Å². The molecule has 0 spiro atoms. The minimum Gasteiger partial charge on any atom is -0.462 e. The van der Waals surface area contributed by atoms with Crippen molar-refractivity contribution in [2.75, 3.05) is 13.2 Å². The molecule has 0 aromatic carbocycles. The standard InChI is InChI=1S/C76H146O6/c1-4-7-10-13-16-19-22-25-27-29-31-32-33-34-35-36-37-38-39-40-41-42-43-44-46-47-49-51-54-57-60-63-66-69-75(78)81-72-73(71-80-74(77)68-65-62-59-56-53-24-21-18-15-12-9-6-3)82-76(79)70-67-64-61-58-55-52-50-48-45-30-28-26-23-20-17-14-11-8-5-2/h29,31,73H,4-28,30,32-72H2,1-3H3/b31-29-. The summed E-state index contributed by atoms with van der Waals surface area (Å²) in [7, 11) is 0. The van der Waals surface area contributed by atoms with Crippen LogP contribution in [0, 0.1) is 0 Å². The number of rotatable bonds is 71. The molecule has 0 fully saturated rings. The van der Waals surface area contributed by atoms with Gasteiger partial charge in [-0.1, -0.05) is 386 Å². The van der Waals surface area contributed by atoms with Crippen molar-refractivity contribution in [3.63, 3.8) is 0 Å². The molecule has 82 heavy (non-hydrogen) atoms. The zero-order chi connectivity index (χ0) is 59.2. The van der Waals surface area contributed by atoms with Gasteiger partial charge in [0.15, 0.2) is 6.10 Å². The third-order valence-corrected chi connectivity index (χ3v) is 17.5. The highest BCUT2D eigenvalue weighted by Gasteiger charge is 2.20. The lowest BCUT2D eigenvalue weighted by molar-refractivity contribution is -0.167. The summed E-state index contributed by atoms with van der Waals surface area (Å²) in [6.45, 7) is 6.73. The first-order chi connectivity index (χ1) is 40.5. The van der Waals surface area contributed by atoms with E-state index < -0.39 is 6.10 Å². The maximum Gasteiger partial charge on any atom is 0.306 e. The van der Waals surface area contributed by atoms with Gasteiger partial charge in [-0.3, -0.25) is 14.4 Å². The van der Waals surface area contributed by atoms with E-state index >= 15 is 0 Å². The second-order valence-corrected chi connectivity index (χ2v) is 25.9. The lowest BCUT2D eigenvalue weighted by Gasteiger charge is -2.18. The van der Waals surface area contributed by atoms with Crippen LogP contribution in [0.5, 0.6) is 0 Å². The van der Waals surface area contributed by atoms with Crippen LogP contribution in [0.3, 0.4) is 0 Å². The predicted octanol–water partition coefficient (Wildman–Crippen LogP) is 26.0. The molecule has 486 valence electrons. The van der Waals surface area contributed by atoms with Gasteiger partial charge < -0.3 is 14.2 Å². The summed E-state index contributed by atoms with van der Waals surface area (Å²) in [6.07, 6.45) is 87.0. The molecule has 6 nitrogen and oxygen atoms in total. The highest BCUT2D eigenvalue weighted by molar-refractivity contribution is 5.71. The highest BCUT2D eigenvalue weighted by Crippen LogP contribution is 2.20. The predicted molar refractivity (Wildman–Crippen MR) is 358 cm³/mol. The van der Waals surface area contributed by atoms with Gasteiger partial charge >= 0.3 is 17.9 Å². The maximum absolute atomic E-state index is 12.9. The molecule has 0 aromatic heterocycles. The van der Waals surface area contributed by atoms with Gasteiger partial charge in [0.05, 0.1) is 0 Å². The third-order valence-electron chi connectivity index (χ3n) is 17.5. The Morgan fingerprint density at radius 1 is 0.232 bits per heavy atom. The van der Waals surface area contributed by atoms with Crippen LogP contribution in [0.4, 0.5) is 0 Å². The first-order valence-corrected chi connectivity index (χ1v) is 37.7. The Kier molecular flexibility index (Phi) is 70.0. The van der Waals surface area contributed by atoms with Crippen LogP contribution >= 0.6 is 0 Å². The van der Waals surface area contributed by atoms with Crippen molar-refractivity contribution in [1.82, 2.24) is 0 Å². The first kappa shape index (κ1) is 80.2. The topological polar surface area (TPSA) is 78.9 Å². The molecular weight excluding hydrogens is 1010 g/mol. The fraction of sp³-hybridized carbons (Fsp3) is 0.934. The van der Waals surface area contributed by atoms with E-state index in [-0.39, 0.29) is 31.1 Å². The van der Waals surface area contributed by atoms with E-state index in [1.54, 1.807) is 0 Å². The van der Waals surface area contributed by atoms with Crippen LogP contribution in [0.25, 0.3) is 0 Å². The van der Waals surface area contributed by atoms with Crippen molar-refractivity contribution >= 4 is 17.9 Å². The van der Waals surface area contributed by atoms with E-state index in [2.05, 4.69) is 32.9 Å². The molecule has 0 amide bonds. The van der Waals surface area contributed by atoms with E-state index in [0.29, 0.717) is 19.3 Å². The summed E-state index contributed by atoms with van der Waals surface area (Å²) in [5.41, 5.74) is 0. The van der Waals surface area contributed by atoms with E-state index in [0.717, 1.165) is 57.8 Å². The molecule has 1 atom stereocenters.